The summed E-state index contributed by atoms with van der Waals surface area (Å²) in [5.41, 5.74) is 0.0932. The van der Waals surface area contributed by atoms with Crippen LogP contribution in [0.2, 0.25) is 0 Å². The molecule has 0 aliphatic carbocycles. The maximum absolute atomic E-state index is 13.6. The van der Waals surface area contributed by atoms with Gasteiger partial charge in [0.05, 0.1) is 10.5 Å². The number of rotatable bonds is 8. The normalized spacial score (nSPS) is 21.7. The van der Waals surface area contributed by atoms with Crippen molar-refractivity contribution in [1.82, 2.24) is 19.0 Å². The minimum Gasteiger partial charge on any atom is -0.338 e. The molecule has 1 unspecified atom stereocenters. The summed E-state index contributed by atoms with van der Waals surface area (Å²) in [6.07, 6.45) is -0.655. The number of piperidine rings is 1. The first-order chi connectivity index (χ1) is 19.5. The monoisotopic (exact) mass is 612 g/mol. The van der Waals surface area contributed by atoms with Gasteiger partial charge in [0.15, 0.2) is 0 Å². The number of hydrogen-bond acceptors (Lipinski definition) is 6. The van der Waals surface area contributed by atoms with Crippen LogP contribution in [0.3, 0.4) is 0 Å². The van der Waals surface area contributed by atoms with E-state index in [0.717, 1.165) is 57.7 Å². The van der Waals surface area contributed by atoms with E-state index in [2.05, 4.69) is 22.9 Å². The van der Waals surface area contributed by atoms with E-state index in [0.29, 0.717) is 45.2 Å². The Hall–Kier alpha value is -1.99. The lowest BCUT2D eigenvalue weighted by Crippen LogP contribution is -2.44. The molecule has 0 N–H and O–H groups in total. The molecule has 2 saturated heterocycles. The third kappa shape index (κ3) is 7.15. The van der Waals surface area contributed by atoms with E-state index in [1.807, 2.05) is 16.2 Å². The van der Waals surface area contributed by atoms with Gasteiger partial charge in [-0.3, -0.25) is 9.69 Å². The molecule has 1 amide bonds. The van der Waals surface area contributed by atoms with Gasteiger partial charge in [-0.25, -0.2) is 8.42 Å². The van der Waals surface area contributed by atoms with E-state index in [1.54, 1.807) is 0 Å². The first kappa shape index (κ1) is 30.5. The summed E-state index contributed by atoms with van der Waals surface area (Å²) in [6, 6.07) is 6.23. The number of nitrogens with zero attached hydrogens (tertiary/aromatic N) is 4. The van der Waals surface area contributed by atoms with Crippen molar-refractivity contribution in [3.8, 4) is 0 Å². The Bertz CT molecular complexity index is 1320. The Kier molecular flexibility index (Phi) is 9.44. The quantitative estimate of drug-likeness (QED) is 0.428. The molecule has 12 heteroatoms. The first-order valence-electron chi connectivity index (χ1n) is 14.5. The number of likely N-dealkylation sites (N-methyl/N-ethyl adjacent to an activating group) is 1. The Labute approximate surface area is 245 Å². The molecule has 5 rings (SSSR count). The van der Waals surface area contributed by atoms with E-state index in [9.17, 15) is 26.4 Å². The second-order valence-corrected chi connectivity index (χ2v) is 14.5. The van der Waals surface area contributed by atoms with Crippen LogP contribution in [0.1, 0.15) is 59.4 Å². The number of thiophene rings is 1. The zero-order chi connectivity index (χ0) is 29.2. The van der Waals surface area contributed by atoms with Crippen LogP contribution in [0.5, 0.6) is 0 Å². The number of carbonyl (C=O) groups excluding carboxylic acids is 1. The molecular formula is C29H39F3N4O3S2. The second kappa shape index (κ2) is 12.7. The third-order valence-electron chi connectivity index (χ3n) is 8.53. The van der Waals surface area contributed by atoms with Crippen LogP contribution >= 0.6 is 11.3 Å². The van der Waals surface area contributed by atoms with Gasteiger partial charge in [0.25, 0.3) is 0 Å². The summed E-state index contributed by atoms with van der Waals surface area (Å²) >= 11 is 1.86. The Morgan fingerprint density at radius 3 is 2.56 bits per heavy atom. The van der Waals surface area contributed by atoms with Gasteiger partial charge < -0.3 is 9.80 Å². The van der Waals surface area contributed by atoms with Crippen molar-refractivity contribution in [2.75, 3.05) is 46.3 Å². The molecule has 2 aromatic rings. The fourth-order valence-electron chi connectivity index (χ4n) is 6.19. The van der Waals surface area contributed by atoms with Crippen molar-refractivity contribution in [3.63, 3.8) is 0 Å². The lowest BCUT2D eigenvalue weighted by Gasteiger charge is -2.35. The highest BCUT2D eigenvalue weighted by Crippen LogP contribution is 2.37. The lowest BCUT2D eigenvalue weighted by molar-refractivity contribution is -0.140. The van der Waals surface area contributed by atoms with Gasteiger partial charge in [0.1, 0.15) is 0 Å². The average Bonchev–Trinajstić information content (AvgIpc) is 3.35. The van der Waals surface area contributed by atoms with Gasteiger partial charge in [-0.05, 0) is 62.9 Å². The molecule has 1 atom stereocenters. The van der Waals surface area contributed by atoms with Crippen LogP contribution in [-0.4, -0.2) is 85.7 Å². The van der Waals surface area contributed by atoms with E-state index < -0.39 is 32.7 Å². The SMILES string of the molecule is CN1CCN(Cc2cc3c(s2)CCN(C(=O)CCCC2CCCCN2S(=O)(=O)c2ccccc2C(F)(F)F)C3)CC1. The highest BCUT2D eigenvalue weighted by molar-refractivity contribution is 7.89. The lowest BCUT2D eigenvalue weighted by atomic mass is 9.99. The molecule has 1 aromatic carbocycles. The summed E-state index contributed by atoms with van der Waals surface area (Å²) in [7, 11) is -2.18. The zero-order valence-electron chi connectivity index (χ0n) is 23.5. The van der Waals surface area contributed by atoms with Crippen molar-refractivity contribution >= 4 is 27.3 Å². The molecule has 226 valence electrons. The Balaban J connectivity index is 1.16. The van der Waals surface area contributed by atoms with Gasteiger partial charge in [-0.1, -0.05) is 18.6 Å². The van der Waals surface area contributed by atoms with Crippen LogP contribution in [0.4, 0.5) is 13.2 Å². The summed E-state index contributed by atoms with van der Waals surface area (Å²) in [5, 5.41) is 0. The second-order valence-electron chi connectivity index (χ2n) is 11.5. The molecule has 41 heavy (non-hydrogen) atoms. The molecule has 4 heterocycles. The minimum atomic E-state index is -4.76. The van der Waals surface area contributed by atoms with Crippen LogP contribution in [0, 0.1) is 0 Å². The van der Waals surface area contributed by atoms with Gasteiger partial charge >= 0.3 is 6.18 Å². The summed E-state index contributed by atoms with van der Waals surface area (Å²) in [6.45, 7) is 6.72. The van der Waals surface area contributed by atoms with Gasteiger partial charge in [0, 0.05) is 74.6 Å². The van der Waals surface area contributed by atoms with Crippen LogP contribution in [0.25, 0.3) is 0 Å². The maximum Gasteiger partial charge on any atom is 0.417 e. The standard InChI is InChI=1S/C29H39F3N4O3S2/c1-33-15-17-34(18-16-33)21-24-19-22-20-35(14-12-26(22)40-24)28(37)11-6-8-23-7-4-5-13-36(23)41(38,39)27-10-3-2-9-25(27)29(30,31)32/h2-3,9-10,19,23H,4-8,11-18,20-21H2,1H3. The molecule has 2 fully saturated rings. The highest BCUT2D eigenvalue weighted by Gasteiger charge is 2.41. The third-order valence-corrected chi connectivity index (χ3v) is 11.8. The smallest absolute Gasteiger partial charge is 0.338 e. The number of carbonyl (C=O) groups is 1. The average molecular weight is 613 g/mol. The molecule has 1 aromatic heterocycles. The molecular weight excluding hydrogens is 573 g/mol. The minimum absolute atomic E-state index is 0.0510. The number of halogens is 3. The van der Waals surface area contributed by atoms with E-state index >= 15 is 0 Å². The molecule has 0 bridgehead atoms. The summed E-state index contributed by atoms with van der Waals surface area (Å²) < 4.78 is 68.9. The van der Waals surface area contributed by atoms with E-state index in [1.165, 1.54) is 31.8 Å². The molecule has 0 saturated carbocycles. The van der Waals surface area contributed by atoms with Gasteiger partial charge in [-0.15, -0.1) is 11.3 Å². The number of fused-ring (bicyclic) bond motifs is 1. The number of alkyl halides is 3. The molecule has 3 aliphatic rings. The number of amides is 1. The van der Waals surface area contributed by atoms with Crippen LogP contribution in [-0.2, 0) is 40.5 Å². The van der Waals surface area contributed by atoms with Crippen molar-refractivity contribution in [2.24, 2.45) is 0 Å². The highest BCUT2D eigenvalue weighted by atomic mass is 32.2. The van der Waals surface area contributed by atoms with E-state index in [4.69, 9.17) is 0 Å². The van der Waals surface area contributed by atoms with Crippen molar-refractivity contribution in [3.05, 3.63) is 51.2 Å². The fourth-order valence-corrected chi connectivity index (χ4v) is 9.34. The van der Waals surface area contributed by atoms with E-state index in [-0.39, 0.29) is 12.5 Å². The van der Waals surface area contributed by atoms with Crippen LogP contribution in [0.15, 0.2) is 35.2 Å². The van der Waals surface area contributed by atoms with Gasteiger partial charge in [-0.2, -0.15) is 17.5 Å². The summed E-state index contributed by atoms with van der Waals surface area (Å²) in [5.74, 6) is 0.0510. The van der Waals surface area contributed by atoms with Crippen molar-refractivity contribution in [1.29, 1.82) is 0 Å². The summed E-state index contributed by atoms with van der Waals surface area (Å²) in [4.78, 5) is 21.9. The number of sulfonamides is 1. The van der Waals surface area contributed by atoms with Crippen molar-refractivity contribution in [2.45, 2.75) is 75.1 Å². The number of benzene rings is 1. The fraction of sp³-hybridized carbons (Fsp3) is 0.621. The maximum atomic E-state index is 13.6. The molecule has 3 aliphatic heterocycles. The largest absolute Gasteiger partial charge is 0.417 e. The Morgan fingerprint density at radius 2 is 1.80 bits per heavy atom. The van der Waals surface area contributed by atoms with Crippen molar-refractivity contribution < 1.29 is 26.4 Å². The Morgan fingerprint density at radius 1 is 1.05 bits per heavy atom. The zero-order valence-corrected chi connectivity index (χ0v) is 25.2. The number of hydrogen-bond donors (Lipinski definition) is 0. The predicted octanol–water partition coefficient (Wildman–Crippen LogP) is 4.81. The molecule has 0 radical (unpaired) electrons. The first-order valence-corrected chi connectivity index (χ1v) is 16.8. The topological polar surface area (TPSA) is 64.2 Å². The number of piperazine rings is 1. The predicted molar refractivity (Wildman–Crippen MR) is 153 cm³/mol. The molecule has 0 spiro atoms. The van der Waals surface area contributed by atoms with Crippen LogP contribution < -0.4 is 0 Å². The van der Waals surface area contributed by atoms with Gasteiger partial charge in [0.2, 0.25) is 15.9 Å². The molecule has 7 nitrogen and oxygen atoms in total.